The molecule has 1 unspecified atom stereocenters. The lowest BCUT2D eigenvalue weighted by atomic mass is 9.96. The van der Waals surface area contributed by atoms with Gasteiger partial charge in [-0.3, -0.25) is 0 Å². The highest BCUT2D eigenvalue weighted by atomic mass is 16.5. The summed E-state index contributed by atoms with van der Waals surface area (Å²) in [4.78, 5) is 0. The van der Waals surface area contributed by atoms with Gasteiger partial charge in [-0.2, -0.15) is 0 Å². The van der Waals surface area contributed by atoms with Gasteiger partial charge in [-0.15, -0.1) is 0 Å². The fraction of sp³-hybridized carbons (Fsp3) is 0.294. The molecule has 0 spiro atoms. The number of aliphatic hydroxyl groups excluding tert-OH is 1. The maximum absolute atomic E-state index is 10.7. The lowest BCUT2D eigenvalue weighted by molar-refractivity contribution is 0.208. The van der Waals surface area contributed by atoms with Gasteiger partial charge in [0.2, 0.25) is 0 Å². The van der Waals surface area contributed by atoms with Crippen molar-refractivity contribution in [3.63, 3.8) is 0 Å². The Hall–Kier alpha value is -2.00. The number of hydrogen-bond donors (Lipinski definition) is 1. The Labute approximate surface area is 119 Å². The van der Waals surface area contributed by atoms with Crippen molar-refractivity contribution in [1.29, 1.82) is 0 Å². The van der Waals surface area contributed by atoms with E-state index in [1.54, 1.807) is 14.2 Å². The van der Waals surface area contributed by atoms with Crippen LogP contribution in [0, 0.1) is 13.8 Å². The lowest BCUT2D eigenvalue weighted by Gasteiger charge is -2.19. The summed E-state index contributed by atoms with van der Waals surface area (Å²) in [5.41, 5.74) is 3.83. The summed E-state index contributed by atoms with van der Waals surface area (Å²) in [5, 5.41) is 10.7. The van der Waals surface area contributed by atoms with E-state index in [9.17, 15) is 5.11 Å². The van der Waals surface area contributed by atoms with Crippen molar-refractivity contribution in [3.05, 3.63) is 58.7 Å². The molecule has 106 valence electrons. The van der Waals surface area contributed by atoms with Crippen molar-refractivity contribution in [1.82, 2.24) is 0 Å². The largest absolute Gasteiger partial charge is 0.496 e. The van der Waals surface area contributed by atoms with Crippen LogP contribution in [0.25, 0.3) is 0 Å². The number of aliphatic hydroxyl groups is 1. The van der Waals surface area contributed by atoms with Crippen LogP contribution < -0.4 is 9.47 Å². The maximum Gasteiger partial charge on any atom is 0.128 e. The molecule has 0 aliphatic heterocycles. The van der Waals surface area contributed by atoms with Gasteiger partial charge in [0.1, 0.15) is 17.6 Å². The third-order valence-corrected chi connectivity index (χ3v) is 3.59. The molecule has 2 aromatic carbocycles. The van der Waals surface area contributed by atoms with Crippen molar-refractivity contribution in [2.45, 2.75) is 20.0 Å². The van der Waals surface area contributed by atoms with Crippen LogP contribution in [-0.4, -0.2) is 19.3 Å². The van der Waals surface area contributed by atoms with Gasteiger partial charge in [-0.05, 0) is 42.7 Å². The second-order valence-electron chi connectivity index (χ2n) is 4.82. The van der Waals surface area contributed by atoms with Crippen LogP contribution >= 0.6 is 0 Å². The quantitative estimate of drug-likeness (QED) is 0.927. The Morgan fingerprint density at radius 2 is 1.50 bits per heavy atom. The predicted octanol–water partition coefficient (Wildman–Crippen LogP) is 3.40. The molecule has 3 nitrogen and oxygen atoms in total. The summed E-state index contributed by atoms with van der Waals surface area (Å²) in [7, 11) is 3.18. The van der Waals surface area contributed by atoms with Crippen LogP contribution in [0.2, 0.25) is 0 Å². The molecule has 0 amide bonds. The Balaban J connectivity index is 2.51. The average molecular weight is 272 g/mol. The summed E-state index contributed by atoms with van der Waals surface area (Å²) in [6, 6.07) is 11.4. The smallest absolute Gasteiger partial charge is 0.128 e. The molecule has 0 saturated carbocycles. The zero-order valence-corrected chi connectivity index (χ0v) is 12.3. The van der Waals surface area contributed by atoms with Crippen molar-refractivity contribution < 1.29 is 14.6 Å². The molecule has 3 heteroatoms. The number of aryl methyl sites for hydroxylation is 2. The number of methoxy groups -OCH3 is 2. The summed E-state index contributed by atoms with van der Waals surface area (Å²) >= 11 is 0. The van der Waals surface area contributed by atoms with Gasteiger partial charge in [0.15, 0.2) is 0 Å². The van der Waals surface area contributed by atoms with Gasteiger partial charge in [0, 0.05) is 0 Å². The first-order valence-electron chi connectivity index (χ1n) is 6.54. The van der Waals surface area contributed by atoms with E-state index in [2.05, 4.69) is 6.92 Å². The van der Waals surface area contributed by atoms with Gasteiger partial charge in [0.05, 0.1) is 19.8 Å². The minimum absolute atomic E-state index is 0.620. The van der Waals surface area contributed by atoms with Crippen LogP contribution in [0.5, 0.6) is 11.5 Å². The van der Waals surface area contributed by atoms with Gasteiger partial charge in [0.25, 0.3) is 0 Å². The van der Waals surface area contributed by atoms with Crippen LogP contribution in [0.15, 0.2) is 36.4 Å². The van der Waals surface area contributed by atoms with Crippen LogP contribution in [0.1, 0.15) is 28.4 Å². The van der Waals surface area contributed by atoms with Gasteiger partial charge in [-0.25, -0.2) is 0 Å². The zero-order valence-electron chi connectivity index (χ0n) is 12.3. The number of hydrogen-bond acceptors (Lipinski definition) is 3. The van der Waals surface area contributed by atoms with E-state index in [1.165, 1.54) is 5.56 Å². The van der Waals surface area contributed by atoms with Gasteiger partial charge in [-0.1, -0.05) is 24.3 Å². The summed E-state index contributed by atoms with van der Waals surface area (Å²) in [5.74, 6) is 1.24. The molecule has 0 fully saturated rings. The third kappa shape index (κ3) is 2.63. The highest BCUT2D eigenvalue weighted by Gasteiger charge is 2.20. The number of ether oxygens (including phenoxy) is 2. The number of benzene rings is 2. The monoisotopic (exact) mass is 272 g/mol. The van der Waals surface area contributed by atoms with E-state index in [-0.39, 0.29) is 0 Å². The third-order valence-electron chi connectivity index (χ3n) is 3.59. The number of rotatable bonds is 4. The van der Waals surface area contributed by atoms with Crippen molar-refractivity contribution in [2.75, 3.05) is 14.2 Å². The highest BCUT2D eigenvalue weighted by Crippen LogP contribution is 2.37. The standard InChI is InChI=1S/C17H20O3/c1-11-8-9-13(10-12(11)2)17(18)16-14(19-3)6-5-7-15(16)20-4/h5-10,17-18H,1-4H3. The van der Waals surface area contributed by atoms with E-state index in [0.29, 0.717) is 17.1 Å². The molecule has 0 aromatic heterocycles. The van der Waals surface area contributed by atoms with E-state index >= 15 is 0 Å². The normalized spacial score (nSPS) is 12.1. The maximum atomic E-state index is 10.7. The highest BCUT2D eigenvalue weighted by molar-refractivity contribution is 5.50. The van der Waals surface area contributed by atoms with E-state index in [0.717, 1.165) is 11.1 Å². The Morgan fingerprint density at radius 1 is 0.900 bits per heavy atom. The molecule has 1 atom stereocenters. The molecular formula is C17H20O3. The molecule has 0 aliphatic rings. The second kappa shape index (κ2) is 5.97. The van der Waals surface area contributed by atoms with Gasteiger partial charge >= 0.3 is 0 Å². The van der Waals surface area contributed by atoms with E-state index < -0.39 is 6.10 Å². The first-order valence-corrected chi connectivity index (χ1v) is 6.54. The second-order valence-corrected chi connectivity index (χ2v) is 4.82. The van der Waals surface area contributed by atoms with Crippen molar-refractivity contribution in [2.24, 2.45) is 0 Å². The molecule has 0 radical (unpaired) electrons. The molecule has 20 heavy (non-hydrogen) atoms. The van der Waals surface area contributed by atoms with Crippen LogP contribution in [0.3, 0.4) is 0 Å². The Morgan fingerprint density at radius 3 is 2.00 bits per heavy atom. The Kier molecular flexibility index (Phi) is 4.30. The SMILES string of the molecule is COc1cccc(OC)c1C(O)c1ccc(C)c(C)c1. The zero-order chi connectivity index (χ0) is 14.7. The molecular weight excluding hydrogens is 252 g/mol. The molecule has 2 rings (SSSR count). The van der Waals surface area contributed by atoms with E-state index in [1.807, 2.05) is 43.3 Å². The molecule has 0 saturated heterocycles. The first-order chi connectivity index (χ1) is 9.58. The summed E-state index contributed by atoms with van der Waals surface area (Å²) in [6.07, 6.45) is -0.777. The first kappa shape index (κ1) is 14.4. The van der Waals surface area contributed by atoms with Crippen molar-refractivity contribution in [3.8, 4) is 11.5 Å². The molecule has 0 aliphatic carbocycles. The fourth-order valence-corrected chi connectivity index (χ4v) is 2.25. The molecule has 2 aromatic rings. The Bertz CT molecular complexity index is 583. The van der Waals surface area contributed by atoms with E-state index in [4.69, 9.17) is 9.47 Å². The van der Waals surface area contributed by atoms with Crippen molar-refractivity contribution >= 4 is 0 Å². The minimum Gasteiger partial charge on any atom is -0.496 e. The van der Waals surface area contributed by atoms with Gasteiger partial charge < -0.3 is 14.6 Å². The minimum atomic E-state index is -0.777. The summed E-state index contributed by atoms with van der Waals surface area (Å²) < 4.78 is 10.7. The predicted molar refractivity (Wildman–Crippen MR) is 79.5 cm³/mol. The van der Waals surface area contributed by atoms with Crippen LogP contribution in [0.4, 0.5) is 0 Å². The summed E-state index contributed by atoms with van der Waals surface area (Å²) in [6.45, 7) is 4.08. The fourth-order valence-electron chi connectivity index (χ4n) is 2.25. The van der Waals surface area contributed by atoms with Crippen LogP contribution in [-0.2, 0) is 0 Å². The molecule has 0 bridgehead atoms. The molecule has 1 N–H and O–H groups in total. The average Bonchev–Trinajstić information content (AvgIpc) is 2.48. The topological polar surface area (TPSA) is 38.7 Å². The lowest BCUT2D eigenvalue weighted by Crippen LogP contribution is -2.05. The molecule has 0 heterocycles.